The molecule has 3 nitrogen and oxygen atoms in total. The molecule has 0 radical (unpaired) electrons. The van der Waals surface area contributed by atoms with Crippen LogP contribution in [0.3, 0.4) is 0 Å². The number of carbonyl (C=O) groups is 1. The Morgan fingerprint density at radius 3 is 2.29 bits per heavy atom. The predicted octanol–water partition coefficient (Wildman–Crippen LogP) is 2.60. The van der Waals surface area contributed by atoms with Crippen molar-refractivity contribution in [1.82, 2.24) is 0 Å². The van der Waals surface area contributed by atoms with E-state index in [-0.39, 0.29) is 5.97 Å². The quantitative estimate of drug-likeness (QED) is 0.623. The number of carbonyl (C=O) groups excluding carboxylic acids is 1. The summed E-state index contributed by atoms with van der Waals surface area (Å²) in [5.74, 6) is -0.211. The molecule has 1 aromatic rings. The van der Waals surface area contributed by atoms with Crippen LogP contribution in [0.1, 0.15) is 13.8 Å². The van der Waals surface area contributed by atoms with Crippen LogP contribution >= 0.6 is 15.9 Å². The lowest BCUT2D eigenvalue weighted by molar-refractivity contribution is -0.140. The molecule has 0 saturated heterocycles. The first-order valence-electron chi connectivity index (χ1n) is 4.21. The largest absolute Gasteiger partial charge is 0.466 e. The normalized spacial score (nSPS) is 8.50. The van der Waals surface area contributed by atoms with Gasteiger partial charge < -0.3 is 10.5 Å². The molecule has 1 rings (SSSR count). The fourth-order valence-corrected chi connectivity index (χ4v) is 0.963. The Labute approximate surface area is 92.4 Å². The fraction of sp³-hybridized carbons (Fsp3) is 0.300. The number of nitrogens with two attached hydrogens (primary N) is 1. The maximum Gasteiger partial charge on any atom is 0.302 e. The molecule has 0 spiro atoms. The molecule has 0 aliphatic carbocycles. The first-order valence-corrected chi connectivity index (χ1v) is 5.00. The zero-order chi connectivity index (χ0) is 11.0. The molecule has 78 valence electrons. The highest BCUT2D eigenvalue weighted by atomic mass is 79.9. The minimum absolute atomic E-state index is 0.211. The highest BCUT2D eigenvalue weighted by molar-refractivity contribution is 9.10. The van der Waals surface area contributed by atoms with E-state index in [0.29, 0.717) is 6.61 Å². The van der Waals surface area contributed by atoms with Crippen LogP contribution in [0.15, 0.2) is 28.7 Å². The molecule has 0 aliphatic heterocycles. The van der Waals surface area contributed by atoms with Crippen molar-refractivity contribution in [2.75, 3.05) is 12.3 Å². The van der Waals surface area contributed by atoms with Crippen molar-refractivity contribution in [2.24, 2.45) is 0 Å². The number of rotatable bonds is 1. The van der Waals surface area contributed by atoms with E-state index in [9.17, 15) is 4.79 Å². The van der Waals surface area contributed by atoms with Crippen LogP contribution in [0.25, 0.3) is 0 Å². The van der Waals surface area contributed by atoms with Gasteiger partial charge in [0.05, 0.1) is 6.61 Å². The summed E-state index contributed by atoms with van der Waals surface area (Å²) in [5, 5.41) is 0. The van der Waals surface area contributed by atoms with Gasteiger partial charge in [0.25, 0.3) is 0 Å². The molecule has 0 aromatic heterocycles. The van der Waals surface area contributed by atoms with Gasteiger partial charge in [0.1, 0.15) is 0 Å². The van der Waals surface area contributed by atoms with Crippen LogP contribution in [-0.2, 0) is 9.53 Å². The second-order valence-electron chi connectivity index (χ2n) is 2.45. The van der Waals surface area contributed by atoms with Crippen LogP contribution in [0.5, 0.6) is 0 Å². The summed E-state index contributed by atoms with van der Waals surface area (Å²) >= 11 is 3.27. The third-order valence-electron chi connectivity index (χ3n) is 1.25. The number of esters is 1. The van der Waals surface area contributed by atoms with Gasteiger partial charge in [0, 0.05) is 17.1 Å². The van der Waals surface area contributed by atoms with E-state index >= 15 is 0 Å². The SMILES string of the molecule is CCOC(C)=O.Nc1ccccc1Br. The maximum absolute atomic E-state index is 9.82. The molecule has 0 bridgehead atoms. The molecule has 0 amide bonds. The molecule has 4 heteroatoms. The van der Waals surface area contributed by atoms with Crippen molar-refractivity contribution < 1.29 is 9.53 Å². The van der Waals surface area contributed by atoms with Crippen LogP contribution in [0.2, 0.25) is 0 Å². The minimum Gasteiger partial charge on any atom is -0.466 e. The number of nitrogen functional groups attached to an aromatic ring is 1. The molecule has 14 heavy (non-hydrogen) atoms. The molecular formula is C10H14BrNO2. The smallest absolute Gasteiger partial charge is 0.302 e. The average Bonchev–Trinajstić information content (AvgIpc) is 2.11. The molecule has 0 heterocycles. The van der Waals surface area contributed by atoms with Gasteiger partial charge in [-0.25, -0.2) is 0 Å². The van der Waals surface area contributed by atoms with Crippen molar-refractivity contribution in [1.29, 1.82) is 0 Å². The second kappa shape index (κ2) is 7.38. The summed E-state index contributed by atoms with van der Waals surface area (Å²) in [6.45, 7) is 3.65. The van der Waals surface area contributed by atoms with Gasteiger partial charge in [-0.15, -0.1) is 0 Å². The number of benzene rings is 1. The van der Waals surface area contributed by atoms with Gasteiger partial charge in [-0.1, -0.05) is 12.1 Å². The lowest BCUT2D eigenvalue weighted by Gasteiger charge is -1.91. The standard InChI is InChI=1S/C6H6BrN.C4H8O2/c7-5-3-1-2-4-6(5)8;1-3-6-4(2)5/h1-4H,8H2;3H2,1-2H3. The number of halogens is 1. The van der Waals surface area contributed by atoms with Crippen LogP contribution in [0.4, 0.5) is 5.69 Å². The molecule has 1 aromatic carbocycles. The van der Waals surface area contributed by atoms with Crippen molar-refractivity contribution >= 4 is 27.6 Å². The van der Waals surface area contributed by atoms with Crippen LogP contribution in [0, 0.1) is 0 Å². The Bertz CT molecular complexity index is 268. The van der Waals surface area contributed by atoms with E-state index in [1.807, 2.05) is 24.3 Å². The summed E-state index contributed by atoms with van der Waals surface area (Å²) in [6.07, 6.45) is 0. The van der Waals surface area contributed by atoms with Crippen LogP contribution in [-0.4, -0.2) is 12.6 Å². The minimum atomic E-state index is -0.211. The highest BCUT2D eigenvalue weighted by Crippen LogP contribution is 2.16. The van der Waals surface area contributed by atoms with Crippen molar-refractivity contribution in [3.63, 3.8) is 0 Å². The number of para-hydroxylation sites is 1. The summed E-state index contributed by atoms with van der Waals surface area (Å²) in [6, 6.07) is 7.60. The zero-order valence-electron chi connectivity index (χ0n) is 8.29. The third-order valence-corrected chi connectivity index (χ3v) is 1.97. The number of hydrogen-bond acceptors (Lipinski definition) is 3. The molecule has 0 atom stereocenters. The van der Waals surface area contributed by atoms with E-state index in [2.05, 4.69) is 20.7 Å². The van der Waals surface area contributed by atoms with Gasteiger partial charge in [-0.3, -0.25) is 4.79 Å². The van der Waals surface area contributed by atoms with E-state index < -0.39 is 0 Å². The van der Waals surface area contributed by atoms with Crippen molar-refractivity contribution in [3.05, 3.63) is 28.7 Å². The lowest BCUT2D eigenvalue weighted by atomic mass is 10.3. The first-order chi connectivity index (χ1) is 6.57. The molecule has 0 unspecified atom stereocenters. The number of anilines is 1. The van der Waals surface area contributed by atoms with E-state index in [1.165, 1.54) is 6.92 Å². The summed E-state index contributed by atoms with van der Waals surface area (Å²) in [7, 11) is 0. The molecule has 0 aliphatic rings. The first kappa shape index (κ1) is 13.0. The molecule has 0 fully saturated rings. The topological polar surface area (TPSA) is 52.3 Å². The molecule has 2 N–H and O–H groups in total. The van der Waals surface area contributed by atoms with Gasteiger partial charge in [-0.05, 0) is 35.0 Å². The van der Waals surface area contributed by atoms with Gasteiger partial charge in [0.2, 0.25) is 0 Å². The van der Waals surface area contributed by atoms with E-state index in [1.54, 1.807) is 6.92 Å². The van der Waals surface area contributed by atoms with Crippen molar-refractivity contribution in [3.8, 4) is 0 Å². The Kier molecular flexibility index (Phi) is 6.84. The molecule has 0 saturated carbocycles. The fourth-order valence-electron chi connectivity index (χ4n) is 0.678. The zero-order valence-corrected chi connectivity index (χ0v) is 9.87. The van der Waals surface area contributed by atoms with Crippen molar-refractivity contribution in [2.45, 2.75) is 13.8 Å². The Balaban J connectivity index is 0.000000255. The van der Waals surface area contributed by atoms with E-state index in [4.69, 9.17) is 5.73 Å². The Hall–Kier alpha value is -1.03. The maximum atomic E-state index is 9.82. The number of ether oxygens (including phenoxy) is 1. The van der Waals surface area contributed by atoms with Gasteiger partial charge >= 0.3 is 5.97 Å². The van der Waals surface area contributed by atoms with E-state index in [0.717, 1.165) is 10.2 Å². The van der Waals surface area contributed by atoms with Crippen LogP contribution < -0.4 is 5.73 Å². The summed E-state index contributed by atoms with van der Waals surface area (Å²) in [4.78, 5) is 9.82. The Morgan fingerprint density at radius 2 is 2.07 bits per heavy atom. The monoisotopic (exact) mass is 259 g/mol. The highest BCUT2D eigenvalue weighted by Gasteiger charge is 1.86. The number of hydrogen-bond donors (Lipinski definition) is 1. The third kappa shape index (κ3) is 6.48. The lowest BCUT2D eigenvalue weighted by Crippen LogP contribution is -1.95. The predicted molar refractivity (Wildman–Crippen MR) is 60.9 cm³/mol. The average molecular weight is 260 g/mol. The molecular weight excluding hydrogens is 246 g/mol. The Morgan fingerprint density at radius 1 is 1.50 bits per heavy atom. The summed E-state index contributed by atoms with van der Waals surface area (Å²) < 4.78 is 5.36. The van der Waals surface area contributed by atoms with Gasteiger partial charge in [0.15, 0.2) is 0 Å². The summed E-state index contributed by atoms with van der Waals surface area (Å²) in [5.41, 5.74) is 6.26. The van der Waals surface area contributed by atoms with Gasteiger partial charge in [-0.2, -0.15) is 0 Å². The second-order valence-corrected chi connectivity index (χ2v) is 3.30.